The highest BCUT2D eigenvalue weighted by molar-refractivity contribution is 5.69. The van der Waals surface area contributed by atoms with Gasteiger partial charge in [-0.2, -0.15) is 0 Å². The van der Waals surface area contributed by atoms with Gasteiger partial charge in [0.25, 0.3) is 0 Å². The van der Waals surface area contributed by atoms with E-state index in [1.807, 2.05) is 0 Å². The molecular formula is C12H23NO2. The van der Waals surface area contributed by atoms with E-state index in [-0.39, 0.29) is 5.97 Å². The van der Waals surface area contributed by atoms with Crippen molar-refractivity contribution < 1.29 is 9.53 Å². The van der Waals surface area contributed by atoms with E-state index >= 15 is 0 Å². The van der Waals surface area contributed by atoms with E-state index in [1.54, 1.807) is 0 Å². The zero-order valence-corrected chi connectivity index (χ0v) is 9.71. The quantitative estimate of drug-likeness (QED) is 0.659. The van der Waals surface area contributed by atoms with E-state index in [0.29, 0.717) is 25.5 Å². The molecule has 0 aliphatic heterocycles. The van der Waals surface area contributed by atoms with Crippen LogP contribution in [0.1, 0.15) is 45.4 Å². The van der Waals surface area contributed by atoms with Gasteiger partial charge in [-0.25, -0.2) is 0 Å². The maximum absolute atomic E-state index is 11.3. The summed E-state index contributed by atoms with van der Waals surface area (Å²) in [7, 11) is 0. The summed E-state index contributed by atoms with van der Waals surface area (Å²) in [5.41, 5.74) is 5.47. The molecule has 0 bridgehead atoms. The summed E-state index contributed by atoms with van der Waals surface area (Å²) in [6.45, 7) is 3.32. The molecule has 88 valence electrons. The van der Waals surface area contributed by atoms with Gasteiger partial charge in [-0.1, -0.05) is 26.2 Å². The Hall–Kier alpha value is -0.570. The van der Waals surface area contributed by atoms with Crippen LogP contribution < -0.4 is 5.73 Å². The van der Waals surface area contributed by atoms with E-state index in [4.69, 9.17) is 10.5 Å². The Morgan fingerprint density at radius 3 is 2.80 bits per heavy atom. The average Bonchev–Trinajstić information content (AvgIpc) is 2.18. The molecule has 0 amide bonds. The molecule has 3 heteroatoms. The molecule has 0 aromatic carbocycles. The molecule has 2 N–H and O–H groups in total. The van der Waals surface area contributed by atoms with E-state index in [2.05, 4.69) is 6.92 Å². The molecule has 0 heterocycles. The SMILES string of the molecule is CC(CN)CCC(=O)OCCC1CCC1. The zero-order valence-electron chi connectivity index (χ0n) is 9.71. The van der Waals surface area contributed by atoms with Crippen LogP contribution in [-0.2, 0) is 9.53 Å². The van der Waals surface area contributed by atoms with Crippen molar-refractivity contribution in [3.63, 3.8) is 0 Å². The van der Waals surface area contributed by atoms with Crippen molar-refractivity contribution >= 4 is 5.97 Å². The highest BCUT2D eigenvalue weighted by Crippen LogP contribution is 2.29. The van der Waals surface area contributed by atoms with Crippen molar-refractivity contribution in [2.24, 2.45) is 17.6 Å². The second-order valence-electron chi connectivity index (χ2n) is 4.69. The van der Waals surface area contributed by atoms with Crippen molar-refractivity contribution in [3.8, 4) is 0 Å². The topological polar surface area (TPSA) is 52.3 Å². The molecule has 3 nitrogen and oxygen atoms in total. The molecule has 1 aliphatic rings. The predicted octanol–water partition coefficient (Wildman–Crippen LogP) is 2.09. The van der Waals surface area contributed by atoms with Gasteiger partial charge in [0.2, 0.25) is 0 Å². The van der Waals surface area contributed by atoms with Gasteiger partial charge >= 0.3 is 5.97 Å². The minimum atomic E-state index is -0.0605. The Labute approximate surface area is 92.4 Å². The third-order valence-corrected chi connectivity index (χ3v) is 3.26. The Balaban J connectivity index is 1.93. The zero-order chi connectivity index (χ0) is 11.1. The van der Waals surface area contributed by atoms with Crippen molar-refractivity contribution in [2.75, 3.05) is 13.2 Å². The summed E-state index contributed by atoms with van der Waals surface area (Å²) in [5, 5.41) is 0. The number of nitrogens with two attached hydrogens (primary N) is 1. The molecule has 0 radical (unpaired) electrons. The van der Waals surface area contributed by atoms with Gasteiger partial charge in [-0.15, -0.1) is 0 Å². The summed E-state index contributed by atoms with van der Waals surface area (Å²) in [6.07, 6.45) is 6.41. The third-order valence-electron chi connectivity index (χ3n) is 3.26. The number of hydrogen-bond donors (Lipinski definition) is 1. The van der Waals surface area contributed by atoms with Crippen molar-refractivity contribution in [3.05, 3.63) is 0 Å². The Kier molecular flexibility index (Phi) is 5.69. The lowest BCUT2D eigenvalue weighted by atomic mass is 9.83. The van der Waals surface area contributed by atoms with E-state index < -0.39 is 0 Å². The van der Waals surface area contributed by atoms with Crippen LogP contribution in [0.3, 0.4) is 0 Å². The van der Waals surface area contributed by atoms with Gasteiger partial charge in [0.05, 0.1) is 6.61 Å². The smallest absolute Gasteiger partial charge is 0.305 e. The fraction of sp³-hybridized carbons (Fsp3) is 0.917. The van der Waals surface area contributed by atoms with Crippen LogP contribution in [-0.4, -0.2) is 19.1 Å². The molecule has 1 rings (SSSR count). The molecule has 0 spiro atoms. The summed E-state index contributed by atoms with van der Waals surface area (Å²) >= 11 is 0. The summed E-state index contributed by atoms with van der Waals surface area (Å²) in [6, 6.07) is 0. The van der Waals surface area contributed by atoms with Gasteiger partial charge in [0, 0.05) is 6.42 Å². The van der Waals surface area contributed by atoms with E-state index in [1.165, 1.54) is 19.3 Å². The molecule has 15 heavy (non-hydrogen) atoms. The lowest BCUT2D eigenvalue weighted by molar-refractivity contribution is -0.144. The Morgan fingerprint density at radius 2 is 2.27 bits per heavy atom. The first-order chi connectivity index (χ1) is 7.22. The maximum atomic E-state index is 11.3. The standard InChI is InChI=1S/C12H23NO2/c1-10(9-13)5-6-12(14)15-8-7-11-3-2-4-11/h10-11H,2-9,13H2,1H3. The Bertz CT molecular complexity index is 190. The first-order valence-electron chi connectivity index (χ1n) is 6.08. The van der Waals surface area contributed by atoms with Crippen LogP contribution in [0.4, 0.5) is 0 Å². The summed E-state index contributed by atoms with van der Waals surface area (Å²) in [5.74, 6) is 1.18. The molecule has 1 fully saturated rings. The van der Waals surface area contributed by atoms with Gasteiger partial charge in [-0.3, -0.25) is 4.79 Å². The highest BCUT2D eigenvalue weighted by Gasteiger charge is 2.17. The first-order valence-corrected chi connectivity index (χ1v) is 6.08. The molecule has 0 saturated heterocycles. The minimum absolute atomic E-state index is 0.0605. The van der Waals surface area contributed by atoms with Crippen LogP contribution in [0.2, 0.25) is 0 Å². The summed E-state index contributed by atoms with van der Waals surface area (Å²) < 4.78 is 5.16. The minimum Gasteiger partial charge on any atom is -0.466 e. The fourth-order valence-corrected chi connectivity index (χ4v) is 1.68. The first kappa shape index (κ1) is 12.5. The van der Waals surface area contributed by atoms with Crippen LogP contribution in [0, 0.1) is 11.8 Å². The van der Waals surface area contributed by atoms with E-state index in [9.17, 15) is 4.79 Å². The molecule has 1 saturated carbocycles. The normalized spacial score (nSPS) is 18.3. The maximum Gasteiger partial charge on any atom is 0.305 e. The Morgan fingerprint density at radius 1 is 1.53 bits per heavy atom. The molecule has 1 atom stereocenters. The molecular weight excluding hydrogens is 190 g/mol. The second-order valence-corrected chi connectivity index (χ2v) is 4.69. The largest absolute Gasteiger partial charge is 0.466 e. The number of carbonyl (C=O) groups excluding carboxylic acids is 1. The van der Waals surface area contributed by atoms with Gasteiger partial charge < -0.3 is 10.5 Å². The lowest BCUT2D eigenvalue weighted by Crippen LogP contribution is -2.16. The van der Waals surface area contributed by atoms with Gasteiger partial charge in [0.1, 0.15) is 0 Å². The molecule has 1 aliphatic carbocycles. The van der Waals surface area contributed by atoms with Gasteiger partial charge in [-0.05, 0) is 31.2 Å². The highest BCUT2D eigenvalue weighted by atomic mass is 16.5. The second kappa shape index (κ2) is 6.83. The lowest BCUT2D eigenvalue weighted by Gasteiger charge is -2.24. The number of carbonyl (C=O) groups is 1. The van der Waals surface area contributed by atoms with Crippen LogP contribution >= 0.6 is 0 Å². The molecule has 0 aromatic heterocycles. The fourth-order valence-electron chi connectivity index (χ4n) is 1.68. The number of rotatable bonds is 7. The van der Waals surface area contributed by atoms with Gasteiger partial charge in [0.15, 0.2) is 0 Å². The van der Waals surface area contributed by atoms with Crippen molar-refractivity contribution in [1.82, 2.24) is 0 Å². The van der Waals surface area contributed by atoms with Crippen LogP contribution in [0.15, 0.2) is 0 Å². The van der Waals surface area contributed by atoms with E-state index in [0.717, 1.165) is 18.8 Å². The molecule has 0 aromatic rings. The van der Waals surface area contributed by atoms with Crippen LogP contribution in [0.5, 0.6) is 0 Å². The monoisotopic (exact) mass is 213 g/mol. The van der Waals surface area contributed by atoms with Crippen molar-refractivity contribution in [2.45, 2.75) is 45.4 Å². The van der Waals surface area contributed by atoms with Crippen molar-refractivity contribution in [1.29, 1.82) is 0 Å². The van der Waals surface area contributed by atoms with Crippen LogP contribution in [0.25, 0.3) is 0 Å². The molecule has 1 unspecified atom stereocenters. The average molecular weight is 213 g/mol. The number of esters is 1. The number of hydrogen-bond acceptors (Lipinski definition) is 3. The predicted molar refractivity (Wildman–Crippen MR) is 60.4 cm³/mol. The number of ether oxygens (including phenoxy) is 1. The third kappa shape index (κ3) is 5.17. The summed E-state index contributed by atoms with van der Waals surface area (Å²) in [4.78, 5) is 11.3.